The van der Waals surface area contributed by atoms with Crippen LogP contribution in [-0.4, -0.2) is 55.7 Å². The summed E-state index contributed by atoms with van der Waals surface area (Å²) in [5.74, 6) is 0. The molecule has 1 rings (SSSR count). The third kappa shape index (κ3) is 9.68. The van der Waals surface area contributed by atoms with Gasteiger partial charge in [-0.05, 0) is 52.2 Å². The standard InChI is InChI=1S/C20H36N2.C2H6.CH3F/c1-8-10-11-12-18(9-2)19(3,4)17-20(5,6)22-15-13-21(7)14-16-22;2*1-2/h8-12H,13-17H2,1-7H3;1-2H3;1H3/b10-8-,12-11-,18-9+;;. The highest BCUT2D eigenvalue weighted by Gasteiger charge is 2.35. The number of allylic oxidation sites excluding steroid dienone is 6. The highest BCUT2D eigenvalue weighted by atomic mass is 19.1. The van der Waals surface area contributed by atoms with Crippen LogP contribution in [0.15, 0.2) is 36.0 Å². The Morgan fingerprint density at radius 3 is 1.85 bits per heavy atom. The Labute approximate surface area is 163 Å². The molecule has 1 heterocycles. The molecular formula is C23H45FN2. The Morgan fingerprint density at radius 1 is 0.923 bits per heavy atom. The molecule has 0 aliphatic carbocycles. The smallest absolute Gasteiger partial charge is 0.0785 e. The summed E-state index contributed by atoms with van der Waals surface area (Å²) in [5, 5.41) is 0. The van der Waals surface area contributed by atoms with Crippen molar-refractivity contribution in [2.45, 2.75) is 67.3 Å². The fourth-order valence-electron chi connectivity index (χ4n) is 3.69. The molecule has 0 N–H and O–H groups in total. The van der Waals surface area contributed by atoms with Crippen molar-refractivity contribution in [3.63, 3.8) is 0 Å². The molecule has 0 aromatic carbocycles. The molecule has 154 valence electrons. The molecule has 1 fully saturated rings. The summed E-state index contributed by atoms with van der Waals surface area (Å²) >= 11 is 0. The van der Waals surface area contributed by atoms with Gasteiger partial charge in [-0.1, -0.05) is 58.1 Å². The van der Waals surface area contributed by atoms with Crippen LogP contribution in [0, 0.1) is 5.41 Å². The number of nitrogens with zero attached hydrogens (tertiary/aromatic N) is 2. The maximum absolute atomic E-state index is 9.50. The molecule has 0 aromatic heterocycles. The summed E-state index contributed by atoms with van der Waals surface area (Å²) in [6, 6.07) is 0. The van der Waals surface area contributed by atoms with Gasteiger partial charge < -0.3 is 4.90 Å². The number of likely N-dealkylation sites (N-methyl/N-ethyl adjacent to an activating group) is 1. The minimum Gasteiger partial charge on any atom is -0.304 e. The topological polar surface area (TPSA) is 6.48 Å². The fourth-order valence-corrected chi connectivity index (χ4v) is 3.69. The zero-order valence-electron chi connectivity index (χ0n) is 19.2. The number of alkyl halides is 1. The molecule has 0 aromatic rings. The average Bonchev–Trinajstić information content (AvgIpc) is 2.61. The van der Waals surface area contributed by atoms with E-state index in [4.69, 9.17) is 0 Å². The van der Waals surface area contributed by atoms with E-state index in [0.717, 1.165) is 0 Å². The fraction of sp³-hybridized carbons (Fsp3) is 0.739. The molecule has 1 aliphatic heterocycles. The monoisotopic (exact) mass is 368 g/mol. The highest BCUT2D eigenvalue weighted by Crippen LogP contribution is 2.38. The average molecular weight is 369 g/mol. The normalized spacial score (nSPS) is 17.7. The lowest BCUT2D eigenvalue weighted by Crippen LogP contribution is -2.55. The van der Waals surface area contributed by atoms with Crippen LogP contribution in [0.4, 0.5) is 4.39 Å². The maximum Gasteiger partial charge on any atom is 0.0785 e. The van der Waals surface area contributed by atoms with E-state index in [2.05, 4.69) is 88.8 Å². The van der Waals surface area contributed by atoms with E-state index in [1.807, 2.05) is 13.8 Å². The van der Waals surface area contributed by atoms with Crippen LogP contribution in [0.2, 0.25) is 0 Å². The van der Waals surface area contributed by atoms with Crippen molar-refractivity contribution >= 4 is 0 Å². The van der Waals surface area contributed by atoms with Gasteiger partial charge in [0.05, 0.1) is 7.18 Å². The zero-order chi connectivity index (χ0) is 20.8. The van der Waals surface area contributed by atoms with Crippen LogP contribution in [0.5, 0.6) is 0 Å². The summed E-state index contributed by atoms with van der Waals surface area (Å²) in [6.45, 7) is 22.5. The second-order valence-corrected chi connectivity index (χ2v) is 7.79. The van der Waals surface area contributed by atoms with Gasteiger partial charge in [-0.3, -0.25) is 9.29 Å². The molecule has 0 spiro atoms. The van der Waals surface area contributed by atoms with Crippen LogP contribution in [0.1, 0.15) is 61.8 Å². The molecule has 0 unspecified atom stereocenters. The third-order valence-electron chi connectivity index (χ3n) is 4.91. The van der Waals surface area contributed by atoms with Crippen LogP contribution >= 0.6 is 0 Å². The molecule has 0 amide bonds. The Balaban J connectivity index is 0. The van der Waals surface area contributed by atoms with Crippen molar-refractivity contribution in [2.75, 3.05) is 40.4 Å². The van der Waals surface area contributed by atoms with E-state index in [1.54, 1.807) is 0 Å². The molecule has 1 aliphatic rings. The molecule has 26 heavy (non-hydrogen) atoms. The van der Waals surface area contributed by atoms with Crippen molar-refractivity contribution in [1.29, 1.82) is 0 Å². The van der Waals surface area contributed by atoms with Gasteiger partial charge in [0.25, 0.3) is 0 Å². The first-order chi connectivity index (χ1) is 12.2. The van der Waals surface area contributed by atoms with Gasteiger partial charge in [0.15, 0.2) is 0 Å². The molecule has 3 heteroatoms. The summed E-state index contributed by atoms with van der Waals surface area (Å²) in [4.78, 5) is 5.09. The van der Waals surface area contributed by atoms with E-state index in [-0.39, 0.29) is 11.0 Å². The van der Waals surface area contributed by atoms with Gasteiger partial charge in [-0.2, -0.15) is 0 Å². The number of hydrogen-bond donors (Lipinski definition) is 0. The van der Waals surface area contributed by atoms with E-state index >= 15 is 0 Å². The van der Waals surface area contributed by atoms with Gasteiger partial charge in [0, 0.05) is 31.7 Å². The number of halogens is 1. The van der Waals surface area contributed by atoms with Crippen molar-refractivity contribution < 1.29 is 4.39 Å². The van der Waals surface area contributed by atoms with Crippen molar-refractivity contribution in [2.24, 2.45) is 5.41 Å². The second-order valence-electron chi connectivity index (χ2n) is 7.79. The molecule has 1 saturated heterocycles. The van der Waals surface area contributed by atoms with E-state index in [0.29, 0.717) is 7.18 Å². The Morgan fingerprint density at radius 2 is 1.42 bits per heavy atom. The van der Waals surface area contributed by atoms with Gasteiger partial charge in [-0.25, -0.2) is 0 Å². The predicted molar refractivity (Wildman–Crippen MR) is 118 cm³/mol. The van der Waals surface area contributed by atoms with Gasteiger partial charge in [-0.15, -0.1) is 0 Å². The summed E-state index contributed by atoms with van der Waals surface area (Å²) in [6.07, 6.45) is 12.0. The first-order valence-corrected chi connectivity index (χ1v) is 10.0. The first-order valence-electron chi connectivity index (χ1n) is 10.0. The molecule has 0 atom stereocenters. The second kappa shape index (κ2) is 14.2. The summed E-state index contributed by atoms with van der Waals surface area (Å²) in [7, 11) is 2.72. The van der Waals surface area contributed by atoms with E-state index < -0.39 is 0 Å². The van der Waals surface area contributed by atoms with Crippen molar-refractivity contribution in [3.05, 3.63) is 36.0 Å². The number of rotatable bonds is 6. The Bertz CT molecular complexity index is 425. The van der Waals surface area contributed by atoms with Gasteiger partial charge in [0.2, 0.25) is 0 Å². The lowest BCUT2D eigenvalue weighted by Gasteiger charge is -2.47. The number of hydrogen-bond acceptors (Lipinski definition) is 2. The summed E-state index contributed by atoms with van der Waals surface area (Å²) < 4.78 is 9.50. The summed E-state index contributed by atoms with van der Waals surface area (Å²) in [5.41, 5.74) is 1.83. The minimum absolute atomic E-state index is 0.180. The number of piperazine rings is 1. The quantitative estimate of drug-likeness (QED) is 0.521. The molecule has 2 nitrogen and oxygen atoms in total. The van der Waals surface area contributed by atoms with Crippen LogP contribution in [0.3, 0.4) is 0 Å². The largest absolute Gasteiger partial charge is 0.304 e. The molecule has 0 radical (unpaired) electrons. The van der Waals surface area contributed by atoms with Crippen LogP contribution in [0.25, 0.3) is 0 Å². The molecule has 0 saturated carbocycles. The van der Waals surface area contributed by atoms with Crippen molar-refractivity contribution in [1.82, 2.24) is 9.80 Å². The molecule has 0 bridgehead atoms. The van der Waals surface area contributed by atoms with Gasteiger partial charge in [0.1, 0.15) is 0 Å². The maximum atomic E-state index is 9.50. The Kier molecular flexibility index (Phi) is 14.9. The van der Waals surface area contributed by atoms with E-state index in [9.17, 15) is 4.39 Å². The lowest BCUT2D eigenvalue weighted by atomic mass is 9.73. The van der Waals surface area contributed by atoms with E-state index in [1.165, 1.54) is 38.2 Å². The van der Waals surface area contributed by atoms with Crippen molar-refractivity contribution in [3.8, 4) is 0 Å². The highest BCUT2D eigenvalue weighted by molar-refractivity contribution is 5.28. The predicted octanol–water partition coefficient (Wildman–Crippen LogP) is 6.12. The van der Waals surface area contributed by atoms with Crippen LogP contribution < -0.4 is 0 Å². The third-order valence-corrected chi connectivity index (χ3v) is 4.91. The Hall–Kier alpha value is -0.930. The van der Waals surface area contributed by atoms with Gasteiger partial charge >= 0.3 is 0 Å². The zero-order valence-corrected chi connectivity index (χ0v) is 19.2. The first kappa shape index (κ1) is 27.3. The lowest BCUT2D eigenvalue weighted by molar-refractivity contribution is 0.0390. The minimum atomic E-state index is 0.180. The van der Waals surface area contributed by atoms with Crippen LogP contribution in [-0.2, 0) is 0 Å². The molecular weight excluding hydrogens is 323 g/mol. The SMILES string of the molecule is CC.CF.C\C=C/C=C\C(=C/C)C(C)(C)CC(C)(C)N1CCN(C)CC1.